The van der Waals surface area contributed by atoms with Crippen molar-refractivity contribution < 1.29 is 15.0 Å². The van der Waals surface area contributed by atoms with Crippen LogP contribution < -0.4 is 0 Å². The Morgan fingerprint density at radius 2 is 2.22 bits per heavy atom. The van der Waals surface area contributed by atoms with Crippen LogP contribution in [0, 0.1) is 0 Å². The van der Waals surface area contributed by atoms with Gasteiger partial charge in [-0.3, -0.25) is 4.79 Å². The van der Waals surface area contributed by atoms with Gasteiger partial charge in [-0.1, -0.05) is 0 Å². The van der Waals surface area contributed by atoms with Gasteiger partial charge in [0.25, 0.3) is 5.88 Å². The third-order valence-electron chi connectivity index (χ3n) is 0.966. The molecule has 1 aliphatic heterocycles. The molecule has 0 atom stereocenters. The van der Waals surface area contributed by atoms with Crippen molar-refractivity contribution in [1.29, 1.82) is 0 Å². The molecule has 0 amide bonds. The number of aliphatic imine (C=N–C) groups is 1. The molecule has 0 unspecified atom stereocenters. The minimum atomic E-state index is -0.641. The topological polar surface area (TPSA) is 69.9 Å². The van der Waals surface area contributed by atoms with Crippen molar-refractivity contribution >= 4 is 12.0 Å². The summed E-state index contributed by atoms with van der Waals surface area (Å²) in [7, 11) is 0. The van der Waals surface area contributed by atoms with Crippen molar-refractivity contribution in [3.05, 3.63) is 11.6 Å². The van der Waals surface area contributed by atoms with Gasteiger partial charge in [-0.15, -0.1) is 0 Å². The second kappa shape index (κ2) is 1.89. The number of hydrogen-bond acceptors (Lipinski definition) is 4. The third kappa shape index (κ3) is 0.910. The highest BCUT2D eigenvalue weighted by Crippen LogP contribution is 2.06. The summed E-state index contributed by atoms with van der Waals surface area (Å²) in [6.07, 6.45) is 1.31. The van der Waals surface area contributed by atoms with Gasteiger partial charge in [0.15, 0.2) is 0 Å². The molecule has 0 aromatic rings. The molecule has 0 spiro atoms. The molecule has 0 aromatic carbocycles. The molecule has 1 rings (SSSR count). The van der Waals surface area contributed by atoms with Crippen LogP contribution in [-0.4, -0.2) is 22.2 Å². The molecule has 1 heterocycles. The van der Waals surface area contributed by atoms with Crippen molar-refractivity contribution in [2.75, 3.05) is 0 Å². The number of aliphatic hydroxyl groups excluding tert-OH is 2. The molecule has 0 aliphatic carbocycles. The number of aliphatic hydroxyl groups is 2. The third-order valence-corrected chi connectivity index (χ3v) is 0.966. The van der Waals surface area contributed by atoms with E-state index in [-0.39, 0.29) is 6.42 Å². The lowest BCUT2D eigenvalue weighted by Gasteiger charge is -2.01. The van der Waals surface area contributed by atoms with Gasteiger partial charge in [0.2, 0.25) is 11.5 Å². The first-order valence-corrected chi connectivity index (χ1v) is 2.39. The first-order chi connectivity index (χ1) is 4.22. The highest BCUT2D eigenvalue weighted by atomic mass is 16.3. The highest BCUT2D eigenvalue weighted by molar-refractivity contribution is 6.03. The molecular weight excluding hydrogens is 122 g/mol. The van der Waals surface area contributed by atoms with Crippen molar-refractivity contribution in [3.8, 4) is 0 Å². The first kappa shape index (κ1) is 5.81. The van der Waals surface area contributed by atoms with E-state index < -0.39 is 17.4 Å². The first-order valence-electron chi connectivity index (χ1n) is 2.39. The maximum atomic E-state index is 10.4. The van der Waals surface area contributed by atoms with E-state index in [0.717, 1.165) is 0 Å². The molecule has 2 N–H and O–H groups in total. The van der Waals surface area contributed by atoms with Crippen LogP contribution in [0.15, 0.2) is 16.6 Å². The summed E-state index contributed by atoms with van der Waals surface area (Å²) in [5.41, 5.74) is 0. The number of ketones is 1. The predicted octanol–water partition coefficient (Wildman–Crippen LogP) is 0.315. The van der Waals surface area contributed by atoms with E-state index in [4.69, 9.17) is 10.2 Å². The van der Waals surface area contributed by atoms with Crippen LogP contribution in [0.2, 0.25) is 0 Å². The van der Waals surface area contributed by atoms with E-state index in [1.54, 1.807) is 0 Å². The molecule has 0 saturated carbocycles. The zero-order chi connectivity index (χ0) is 6.85. The number of carbonyl (C=O) groups excluding carboxylic acids is 1. The van der Waals surface area contributed by atoms with Crippen LogP contribution in [0.5, 0.6) is 0 Å². The molecule has 4 nitrogen and oxygen atoms in total. The van der Waals surface area contributed by atoms with Gasteiger partial charge in [0, 0.05) is 6.21 Å². The average Bonchev–Trinajstić information content (AvgIpc) is 1.83. The number of allylic oxidation sites excluding steroid dienone is 1. The lowest BCUT2D eigenvalue weighted by molar-refractivity contribution is -0.117. The second-order valence-electron chi connectivity index (χ2n) is 1.61. The zero-order valence-electron chi connectivity index (χ0n) is 4.53. The molecular formula is C5H5NO3. The monoisotopic (exact) mass is 127 g/mol. The SMILES string of the molecule is O=C1CC=NC(O)=C1O. The van der Waals surface area contributed by atoms with Crippen LogP contribution in [0.1, 0.15) is 6.42 Å². The zero-order valence-corrected chi connectivity index (χ0v) is 4.53. The predicted molar refractivity (Wildman–Crippen MR) is 30.4 cm³/mol. The quantitative estimate of drug-likeness (QED) is 0.492. The van der Waals surface area contributed by atoms with Crippen molar-refractivity contribution in [3.63, 3.8) is 0 Å². The molecule has 9 heavy (non-hydrogen) atoms. The fraction of sp³-hybridized carbons (Fsp3) is 0.200. The summed E-state index contributed by atoms with van der Waals surface area (Å²) in [6, 6.07) is 0. The molecule has 1 aliphatic rings. The van der Waals surface area contributed by atoms with E-state index in [0.29, 0.717) is 0 Å². The summed E-state index contributed by atoms with van der Waals surface area (Å²) >= 11 is 0. The van der Waals surface area contributed by atoms with E-state index in [1.165, 1.54) is 6.21 Å². The lowest BCUT2D eigenvalue weighted by atomic mass is 10.2. The molecule has 0 saturated heterocycles. The standard InChI is InChI=1S/C5H5NO3/c7-3-1-2-6-5(9)4(3)8/h2,8-9H,1H2. The van der Waals surface area contributed by atoms with E-state index in [9.17, 15) is 4.79 Å². The Morgan fingerprint density at radius 1 is 1.56 bits per heavy atom. The van der Waals surface area contributed by atoms with Crippen molar-refractivity contribution in [2.24, 2.45) is 4.99 Å². The van der Waals surface area contributed by atoms with E-state index in [2.05, 4.69) is 4.99 Å². The largest absolute Gasteiger partial charge is 0.501 e. The van der Waals surface area contributed by atoms with Gasteiger partial charge in [0.1, 0.15) is 0 Å². The number of nitrogens with zero attached hydrogens (tertiary/aromatic N) is 1. The van der Waals surface area contributed by atoms with Gasteiger partial charge >= 0.3 is 0 Å². The maximum absolute atomic E-state index is 10.4. The highest BCUT2D eigenvalue weighted by Gasteiger charge is 2.15. The Bertz CT molecular complexity index is 204. The maximum Gasteiger partial charge on any atom is 0.257 e. The number of rotatable bonds is 0. The Hall–Kier alpha value is -1.32. The van der Waals surface area contributed by atoms with E-state index >= 15 is 0 Å². The average molecular weight is 127 g/mol. The Kier molecular flexibility index (Phi) is 1.22. The summed E-state index contributed by atoms with van der Waals surface area (Å²) in [5, 5.41) is 17.2. The smallest absolute Gasteiger partial charge is 0.257 e. The number of Topliss-reactive ketones (excluding diaryl/α,β-unsaturated/α-hetero) is 1. The van der Waals surface area contributed by atoms with E-state index in [1.807, 2.05) is 0 Å². The fourth-order valence-electron chi connectivity index (χ4n) is 0.498. The molecule has 0 bridgehead atoms. The Morgan fingerprint density at radius 3 is 2.67 bits per heavy atom. The van der Waals surface area contributed by atoms with Gasteiger partial charge in [-0.2, -0.15) is 0 Å². The van der Waals surface area contributed by atoms with Crippen molar-refractivity contribution in [1.82, 2.24) is 0 Å². The molecule has 0 aromatic heterocycles. The van der Waals surface area contributed by atoms with Crippen molar-refractivity contribution in [2.45, 2.75) is 6.42 Å². The fourth-order valence-corrected chi connectivity index (χ4v) is 0.498. The summed E-state index contributed by atoms with van der Waals surface area (Å²) in [5.74, 6) is -1.73. The minimum absolute atomic E-state index is 0.0654. The second-order valence-corrected chi connectivity index (χ2v) is 1.61. The molecule has 48 valence electrons. The van der Waals surface area contributed by atoms with Gasteiger partial charge in [-0.25, -0.2) is 4.99 Å². The molecule has 4 heteroatoms. The molecule has 0 radical (unpaired) electrons. The summed E-state index contributed by atoms with van der Waals surface area (Å²) in [4.78, 5) is 13.7. The summed E-state index contributed by atoms with van der Waals surface area (Å²) in [6.45, 7) is 0. The summed E-state index contributed by atoms with van der Waals surface area (Å²) < 4.78 is 0. The van der Waals surface area contributed by atoms with Crippen LogP contribution in [-0.2, 0) is 4.79 Å². The molecule has 0 fully saturated rings. The van der Waals surface area contributed by atoms with Crippen LogP contribution in [0.3, 0.4) is 0 Å². The number of hydrogen-bond donors (Lipinski definition) is 2. The number of carbonyl (C=O) groups is 1. The van der Waals surface area contributed by atoms with Gasteiger partial charge < -0.3 is 10.2 Å². The normalized spacial score (nSPS) is 18.9. The lowest BCUT2D eigenvalue weighted by Crippen LogP contribution is -2.09. The van der Waals surface area contributed by atoms with Crippen LogP contribution in [0.25, 0.3) is 0 Å². The van der Waals surface area contributed by atoms with Gasteiger partial charge in [-0.05, 0) is 0 Å². The van der Waals surface area contributed by atoms with Crippen LogP contribution >= 0.6 is 0 Å². The minimum Gasteiger partial charge on any atom is -0.501 e. The Labute approximate surface area is 51.1 Å². The van der Waals surface area contributed by atoms with Crippen LogP contribution in [0.4, 0.5) is 0 Å². The Balaban J connectivity index is 2.97. The van der Waals surface area contributed by atoms with Gasteiger partial charge in [0.05, 0.1) is 6.42 Å².